The normalized spacial score (nSPS) is 26.0. The maximum Gasteiger partial charge on any atom is 0.225 e. The number of para-hydroxylation sites is 1. The van der Waals surface area contributed by atoms with E-state index < -0.39 is 0 Å². The lowest BCUT2D eigenvalue weighted by Gasteiger charge is -2.29. The van der Waals surface area contributed by atoms with Crippen molar-refractivity contribution >= 4 is 34.7 Å². The quantitative estimate of drug-likeness (QED) is 0.390. The van der Waals surface area contributed by atoms with Gasteiger partial charge in [-0.2, -0.15) is 4.98 Å². The second-order valence-electron chi connectivity index (χ2n) is 10.7. The van der Waals surface area contributed by atoms with Crippen molar-refractivity contribution in [3.8, 4) is 0 Å². The number of piperazine rings is 1. The Balaban J connectivity index is 1.30. The molecular weight excluding hydrogens is 487 g/mol. The molecule has 4 N–H and O–H groups in total. The third-order valence-corrected chi connectivity index (χ3v) is 8.13. The smallest absolute Gasteiger partial charge is 0.225 e. The van der Waals surface area contributed by atoms with E-state index in [1.54, 1.807) is 24.4 Å². The van der Waals surface area contributed by atoms with Gasteiger partial charge in [0.15, 0.2) is 5.65 Å². The van der Waals surface area contributed by atoms with Crippen LogP contribution in [0.2, 0.25) is 0 Å². The Morgan fingerprint density at radius 1 is 1.05 bits per heavy atom. The Morgan fingerprint density at radius 3 is 2.63 bits per heavy atom. The molecule has 1 aliphatic heterocycles. The summed E-state index contributed by atoms with van der Waals surface area (Å²) in [5.41, 5.74) is 1.62. The molecule has 1 amide bonds. The van der Waals surface area contributed by atoms with Crippen LogP contribution in [0.4, 0.5) is 22.0 Å². The third-order valence-electron chi connectivity index (χ3n) is 8.13. The van der Waals surface area contributed by atoms with Crippen LogP contribution >= 0.6 is 0 Å². The molecule has 10 nitrogen and oxygen atoms in total. The number of nitrogens with zero attached hydrogens (tertiary/aromatic N) is 5. The number of fused-ring (bicyclic) bond motifs is 1. The highest BCUT2D eigenvalue weighted by Crippen LogP contribution is 2.40. The Hall–Kier alpha value is -3.31. The third kappa shape index (κ3) is 5.17. The number of imidazole rings is 1. The first kappa shape index (κ1) is 25.0. The lowest BCUT2D eigenvalue weighted by atomic mass is 9.93. The fraction of sp³-hybridized carbons (Fsp3) is 0.556. The van der Waals surface area contributed by atoms with Gasteiger partial charge < -0.3 is 26.0 Å². The van der Waals surface area contributed by atoms with Crippen LogP contribution in [0.15, 0.2) is 30.5 Å². The number of aliphatic hydroxyl groups is 1. The Bertz CT molecular complexity index is 1290. The van der Waals surface area contributed by atoms with Gasteiger partial charge in [0.05, 0.1) is 18.0 Å². The van der Waals surface area contributed by atoms with Gasteiger partial charge in [-0.25, -0.2) is 14.4 Å². The molecule has 3 heterocycles. The maximum atomic E-state index is 14.6. The van der Waals surface area contributed by atoms with E-state index in [-0.39, 0.29) is 35.8 Å². The summed E-state index contributed by atoms with van der Waals surface area (Å²) in [5.74, 6) is 0.821. The van der Waals surface area contributed by atoms with Crippen molar-refractivity contribution in [3.63, 3.8) is 0 Å². The number of nitrogens with one attached hydrogen (secondary N) is 3. The minimum atomic E-state index is -0.364. The molecule has 11 heteroatoms. The van der Waals surface area contributed by atoms with Crippen LogP contribution in [0.25, 0.3) is 11.2 Å². The molecule has 0 spiro atoms. The average Bonchev–Trinajstić information content (AvgIpc) is 3.56. The van der Waals surface area contributed by atoms with Gasteiger partial charge in [-0.1, -0.05) is 12.1 Å². The standard InChI is InChI=1S/C27H35FN8O2/c28-21-3-1-2-4-22(21)32-27-33-23-16-30-26(31-18-6-9-20(37)10-7-18)34-24(23)36(27)19-8-5-17(15-19)25(38)35-13-11-29-12-14-35/h1-4,16-20,29,37H,5-15H2,(H,32,33)(H,30,31,34)/t17-,18-,19+,20-/m1/s1. The molecule has 0 radical (unpaired) electrons. The zero-order valence-corrected chi connectivity index (χ0v) is 21.4. The van der Waals surface area contributed by atoms with E-state index in [9.17, 15) is 14.3 Å². The number of carbonyl (C=O) groups excluding carboxylic acids is 1. The maximum absolute atomic E-state index is 14.6. The molecule has 3 fully saturated rings. The number of anilines is 3. The summed E-state index contributed by atoms with van der Waals surface area (Å²) in [6, 6.07) is 6.73. The summed E-state index contributed by atoms with van der Waals surface area (Å²) >= 11 is 0. The minimum absolute atomic E-state index is 0.00119. The van der Waals surface area contributed by atoms with Gasteiger partial charge in [-0.15, -0.1) is 0 Å². The molecule has 3 aliphatic rings. The molecule has 2 aliphatic carbocycles. The van der Waals surface area contributed by atoms with Gasteiger partial charge in [-0.3, -0.25) is 9.36 Å². The van der Waals surface area contributed by atoms with Crippen LogP contribution in [0.1, 0.15) is 51.0 Å². The molecule has 3 aromatic rings. The van der Waals surface area contributed by atoms with Gasteiger partial charge in [0.25, 0.3) is 0 Å². The van der Waals surface area contributed by atoms with Gasteiger partial charge in [0, 0.05) is 44.2 Å². The topological polar surface area (TPSA) is 120 Å². The summed E-state index contributed by atoms with van der Waals surface area (Å²) in [6.07, 6.45) is 7.01. The monoisotopic (exact) mass is 522 g/mol. The molecule has 6 rings (SSSR count). The summed E-state index contributed by atoms with van der Waals surface area (Å²) in [7, 11) is 0. The highest BCUT2D eigenvalue weighted by Gasteiger charge is 2.36. The largest absolute Gasteiger partial charge is 0.393 e. The zero-order valence-electron chi connectivity index (χ0n) is 21.4. The van der Waals surface area contributed by atoms with E-state index in [1.165, 1.54) is 6.07 Å². The number of hydrogen-bond acceptors (Lipinski definition) is 8. The lowest BCUT2D eigenvalue weighted by molar-refractivity contribution is -0.136. The van der Waals surface area contributed by atoms with E-state index in [4.69, 9.17) is 9.97 Å². The van der Waals surface area contributed by atoms with Crippen molar-refractivity contribution in [2.45, 2.75) is 63.1 Å². The number of rotatable bonds is 6. The summed E-state index contributed by atoms with van der Waals surface area (Å²) < 4.78 is 16.6. The summed E-state index contributed by atoms with van der Waals surface area (Å²) in [5, 5.41) is 19.8. The average molecular weight is 523 g/mol. The molecule has 2 saturated carbocycles. The molecule has 1 saturated heterocycles. The van der Waals surface area contributed by atoms with Crippen LogP contribution < -0.4 is 16.0 Å². The van der Waals surface area contributed by atoms with Crippen molar-refractivity contribution in [3.05, 3.63) is 36.3 Å². The highest BCUT2D eigenvalue weighted by atomic mass is 19.1. The van der Waals surface area contributed by atoms with Crippen molar-refractivity contribution in [2.75, 3.05) is 36.8 Å². The minimum Gasteiger partial charge on any atom is -0.393 e. The predicted octanol–water partition coefficient (Wildman–Crippen LogP) is 3.20. The van der Waals surface area contributed by atoms with Gasteiger partial charge >= 0.3 is 0 Å². The van der Waals surface area contributed by atoms with E-state index in [0.29, 0.717) is 35.2 Å². The summed E-state index contributed by atoms with van der Waals surface area (Å²) in [6.45, 7) is 3.15. The number of benzene rings is 1. The van der Waals surface area contributed by atoms with Crippen molar-refractivity contribution in [1.82, 2.24) is 29.7 Å². The van der Waals surface area contributed by atoms with Crippen LogP contribution in [0.3, 0.4) is 0 Å². The van der Waals surface area contributed by atoms with Crippen LogP contribution in [0.5, 0.6) is 0 Å². The molecule has 0 unspecified atom stereocenters. The van der Waals surface area contributed by atoms with E-state index in [2.05, 4.69) is 20.9 Å². The molecule has 202 valence electrons. The van der Waals surface area contributed by atoms with Crippen LogP contribution in [-0.4, -0.2) is 73.8 Å². The van der Waals surface area contributed by atoms with Gasteiger partial charge in [-0.05, 0) is 57.1 Å². The number of aromatic nitrogens is 4. The van der Waals surface area contributed by atoms with Crippen LogP contribution in [-0.2, 0) is 4.79 Å². The molecule has 2 atom stereocenters. The van der Waals surface area contributed by atoms with Gasteiger partial charge in [0.2, 0.25) is 17.8 Å². The van der Waals surface area contributed by atoms with Crippen molar-refractivity contribution in [2.24, 2.45) is 5.92 Å². The fourth-order valence-corrected chi connectivity index (χ4v) is 6.04. The van der Waals surface area contributed by atoms with Crippen molar-refractivity contribution in [1.29, 1.82) is 0 Å². The van der Waals surface area contributed by atoms with E-state index in [1.807, 2.05) is 9.47 Å². The number of amides is 1. The highest BCUT2D eigenvalue weighted by molar-refractivity contribution is 5.80. The first-order valence-electron chi connectivity index (χ1n) is 13.8. The van der Waals surface area contributed by atoms with E-state index in [0.717, 1.165) is 64.7 Å². The fourth-order valence-electron chi connectivity index (χ4n) is 6.04. The van der Waals surface area contributed by atoms with Gasteiger partial charge in [0.1, 0.15) is 11.3 Å². The molecular formula is C27H35FN8O2. The Kier molecular flexibility index (Phi) is 7.12. The molecule has 0 bridgehead atoms. The number of carbonyl (C=O) groups is 1. The summed E-state index contributed by atoms with van der Waals surface area (Å²) in [4.78, 5) is 29.3. The number of aliphatic hydroxyl groups excluding tert-OH is 1. The number of hydrogen-bond donors (Lipinski definition) is 4. The molecule has 38 heavy (non-hydrogen) atoms. The first-order chi connectivity index (χ1) is 18.5. The zero-order chi connectivity index (χ0) is 26.1. The SMILES string of the molecule is O=C([C@@H]1CC[C@H](n2c(Nc3ccccc3F)nc3cnc(N[C@H]4CC[C@H](O)CC4)nc32)C1)N1CCNCC1. The second kappa shape index (κ2) is 10.8. The van der Waals surface area contributed by atoms with E-state index >= 15 is 0 Å². The first-order valence-corrected chi connectivity index (χ1v) is 13.8. The number of halogens is 1. The second-order valence-corrected chi connectivity index (χ2v) is 10.7. The molecule has 2 aromatic heterocycles. The van der Waals surface area contributed by atoms with Crippen LogP contribution in [0, 0.1) is 11.7 Å². The van der Waals surface area contributed by atoms with Crippen molar-refractivity contribution < 1.29 is 14.3 Å². The Morgan fingerprint density at radius 2 is 1.84 bits per heavy atom. The lowest BCUT2D eigenvalue weighted by Crippen LogP contribution is -2.48. The Labute approximate surface area is 221 Å². The molecule has 1 aromatic carbocycles. The predicted molar refractivity (Wildman–Crippen MR) is 143 cm³/mol.